The second kappa shape index (κ2) is 9.26. The van der Waals surface area contributed by atoms with E-state index in [-0.39, 0.29) is 5.92 Å². The molecule has 1 aromatic carbocycles. The molecule has 0 atom stereocenters. The standard InChI is InChI=1S/C21H28F4O2/c1-26-12-13-2-4-14(5-3-13)15-6-8-16(9-7-15)17-10-18(22)20(19(23)11-17)27-21(24)25/h10-11,13-16,21H,2-9,12H2,1H3/t13-,14-,15-,16-. The minimum Gasteiger partial charge on any atom is -0.429 e. The Hall–Kier alpha value is -1.30. The number of benzene rings is 1. The molecule has 2 saturated carbocycles. The summed E-state index contributed by atoms with van der Waals surface area (Å²) in [6.45, 7) is -2.39. The molecule has 2 aliphatic carbocycles. The van der Waals surface area contributed by atoms with Crippen LogP contribution in [0.4, 0.5) is 17.6 Å². The molecular formula is C21H28F4O2. The molecule has 2 fully saturated rings. The molecule has 6 heteroatoms. The Balaban J connectivity index is 1.55. The lowest BCUT2D eigenvalue weighted by molar-refractivity contribution is -0.0546. The largest absolute Gasteiger partial charge is 0.429 e. The van der Waals surface area contributed by atoms with Crippen LogP contribution in [-0.2, 0) is 4.74 Å². The number of halogens is 4. The molecule has 0 spiro atoms. The van der Waals surface area contributed by atoms with E-state index in [9.17, 15) is 17.6 Å². The third-order valence-corrected chi connectivity index (χ3v) is 6.43. The van der Waals surface area contributed by atoms with E-state index in [1.165, 1.54) is 25.7 Å². The normalized spacial score (nSPS) is 29.1. The molecule has 2 nitrogen and oxygen atoms in total. The van der Waals surface area contributed by atoms with Crippen molar-refractivity contribution in [3.63, 3.8) is 0 Å². The number of alkyl halides is 2. The SMILES string of the molecule is COC[C@H]1CC[C@H]([C@H]2CC[C@H](c3cc(F)c(OC(F)F)c(F)c3)CC2)CC1. The van der Waals surface area contributed by atoms with Crippen LogP contribution in [0.2, 0.25) is 0 Å². The summed E-state index contributed by atoms with van der Waals surface area (Å²) in [6.07, 6.45) is 8.82. The van der Waals surface area contributed by atoms with Crippen molar-refractivity contribution in [1.29, 1.82) is 0 Å². The molecule has 0 unspecified atom stereocenters. The van der Waals surface area contributed by atoms with Gasteiger partial charge in [0.2, 0.25) is 0 Å². The minimum atomic E-state index is -3.24. The van der Waals surface area contributed by atoms with E-state index in [0.717, 1.165) is 50.3 Å². The van der Waals surface area contributed by atoms with Crippen molar-refractivity contribution >= 4 is 0 Å². The quantitative estimate of drug-likeness (QED) is 0.533. The predicted molar refractivity (Wildman–Crippen MR) is 95.0 cm³/mol. The smallest absolute Gasteiger partial charge is 0.387 e. The summed E-state index contributed by atoms with van der Waals surface area (Å²) in [6, 6.07) is 2.31. The molecule has 0 aliphatic heterocycles. The number of methoxy groups -OCH3 is 1. The second-order valence-electron chi connectivity index (χ2n) is 8.04. The summed E-state index contributed by atoms with van der Waals surface area (Å²) in [5.41, 5.74) is 0.550. The lowest BCUT2D eigenvalue weighted by Crippen LogP contribution is -2.26. The maximum Gasteiger partial charge on any atom is 0.387 e. The number of ether oxygens (including phenoxy) is 2. The van der Waals surface area contributed by atoms with Crippen molar-refractivity contribution in [3.05, 3.63) is 29.3 Å². The first-order valence-corrected chi connectivity index (χ1v) is 9.90. The Morgan fingerprint density at radius 2 is 1.41 bits per heavy atom. The van der Waals surface area contributed by atoms with Crippen molar-refractivity contribution in [2.24, 2.45) is 17.8 Å². The van der Waals surface area contributed by atoms with E-state index in [2.05, 4.69) is 4.74 Å². The van der Waals surface area contributed by atoms with Gasteiger partial charge in [-0.05, 0) is 92.7 Å². The van der Waals surface area contributed by atoms with Crippen molar-refractivity contribution in [3.8, 4) is 5.75 Å². The van der Waals surface area contributed by atoms with Gasteiger partial charge in [0, 0.05) is 13.7 Å². The zero-order valence-electron chi connectivity index (χ0n) is 15.7. The van der Waals surface area contributed by atoms with Crippen LogP contribution >= 0.6 is 0 Å². The molecule has 27 heavy (non-hydrogen) atoms. The Morgan fingerprint density at radius 1 is 0.889 bits per heavy atom. The maximum atomic E-state index is 14.0. The van der Waals surface area contributed by atoms with Crippen LogP contribution in [0.25, 0.3) is 0 Å². The van der Waals surface area contributed by atoms with Gasteiger partial charge < -0.3 is 9.47 Å². The van der Waals surface area contributed by atoms with Crippen LogP contribution < -0.4 is 4.74 Å². The first-order valence-electron chi connectivity index (χ1n) is 9.90. The predicted octanol–water partition coefficient (Wildman–Crippen LogP) is 6.29. The lowest BCUT2D eigenvalue weighted by atomic mass is 9.68. The molecule has 2 aliphatic rings. The van der Waals surface area contributed by atoms with Gasteiger partial charge in [0.15, 0.2) is 17.4 Å². The van der Waals surface area contributed by atoms with Gasteiger partial charge in [-0.2, -0.15) is 8.78 Å². The number of hydrogen-bond acceptors (Lipinski definition) is 2. The van der Waals surface area contributed by atoms with Gasteiger partial charge in [-0.25, -0.2) is 8.78 Å². The summed E-state index contributed by atoms with van der Waals surface area (Å²) in [5, 5.41) is 0. The van der Waals surface area contributed by atoms with Gasteiger partial charge in [0.05, 0.1) is 0 Å². The van der Waals surface area contributed by atoms with E-state index in [0.29, 0.717) is 17.4 Å². The molecule has 0 N–H and O–H groups in total. The molecule has 0 saturated heterocycles. The van der Waals surface area contributed by atoms with Crippen LogP contribution in [0.15, 0.2) is 12.1 Å². The van der Waals surface area contributed by atoms with E-state index in [1.807, 2.05) is 0 Å². The summed E-state index contributed by atoms with van der Waals surface area (Å²) >= 11 is 0. The van der Waals surface area contributed by atoms with Gasteiger partial charge >= 0.3 is 6.61 Å². The zero-order chi connectivity index (χ0) is 19.4. The fourth-order valence-corrected chi connectivity index (χ4v) is 5.00. The maximum absolute atomic E-state index is 14.0. The summed E-state index contributed by atoms with van der Waals surface area (Å²) in [4.78, 5) is 0. The highest BCUT2D eigenvalue weighted by molar-refractivity contribution is 5.33. The first-order chi connectivity index (χ1) is 13.0. The topological polar surface area (TPSA) is 18.5 Å². The fourth-order valence-electron chi connectivity index (χ4n) is 5.00. The molecule has 0 bridgehead atoms. The second-order valence-corrected chi connectivity index (χ2v) is 8.04. The average Bonchev–Trinajstić information content (AvgIpc) is 2.65. The van der Waals surface area contributed by atoms with Gasteiger partial charge in [-0.1, -0.05) is 0 Å². The molecular weight excluding hydrogens is 360 g/mol. The lowest BCUT2D eigenvalue weighted by Gasteiger charge is -2.38. The van der Waals surface area contributed by atoms with E-state index >= 15 is 0 Å². The average molecular weight is 388 g/mol. The van der Waals surface area contributed by atoms with Crippen LogP contribution in [0.3, 0.4) is 0 Å². The number of rotatable bonds is 6. The van der Waals surface area contributed by atoms with Crippen molar-refractivity contribution in [1.82, 2.24) is 0 Å². The van der Waals surface area contributed by atoms with Crippen LogP contribution in [0.5, 0.6) is 5.75 Å². The first kappa shape index (κ1) is 20.4. The van der Waals surface area contributed by atoms with Crippen molar-refractivity contribution in [2.45, 2.75) is 63.9 Å². The Morgan fingerprint density at radius 3 is 1.89 bits per heavy atom. The molecule has 0 heterocycles. The van der Waals surface area contributed by atoms with Crippen molar-refractivity contribution in [2.75, 3.05) is 13.7 Å². The van der Waals surface area contributed by atoms with E-state index in [4.69, 9.17) is 4.74 Å². The third-order valence-electron chi connectivity index (χ3n) is 6.43. The van der Waals surface area contributed by atoms with Gasteiger partial charge in [0.1, 0.15) is 0 Å². The zero-order valence-corrected chi connectivity index (χ0v) is 15.7. The van der Waals surface area contributed by atoms with Gasteiger partial charge in [0.25, 0.3) is 0 Å². The third kappa shape index (κ3) is 5.15. The van der Waals surface area contributed by atoms with Crippen LogP contribution in [-0.4, -0.2) is 20.3 Å². The highest BCUT2D eigenvalue weighted by atomic mass is 19.3. The Labute approximate surface area is 158 Å². The van der Waals surface area contributed by atoms with E-state index < -0.39 is 24.0 Å². The molecule has 3 rings (SSSR count). The summed E-state index contributed by atoms with van der Waals surface area (Å²) in [7, 11) is 1.76. The minimum absolute atomic E-state index is 0.0793. The van der Waals surface area contributed by atoms with E-state index in [1.54, 1.807) is 7.11 Å². The van der Waals surface area contributed by atoms with Gasteiger partial charge in [-0.15, -0.1) is 0 Å². The molecule has 0 aromatic heterocycles. The fraction of sp³-hybridized carbons (Fsp3) is 0.714. The highest BCUT2D eigenvalue weighted by Crippen LogP contribution is 2.44. The van der Waals surface area contributed by atoms with Crippen molar-refractivity contribution < 1.29 is 27.0 Å². The Bertz CT molecular complexity index is 583. The summed E-state index contributed by atoms with van der Waals surface area (Å²) in [5.74, 6) is -0.906. The molecule has 0 amide bonds. The molecule has 152 valence electrons. The van der Waals surface area contributed by atoms with Crippen LogP contribution in [0, 0.1) is 29.4 Å². The molecule has 1 aromatic rings. The van der Waals surface area contributed by atoms with Crippen LogP contribution in [0.1, 0.15) is 62.8 Å². The summed E-state index contributed by atoms with van der Waals surface area (Å²) < 4.78 is 61.7. The Kier molecular flexibility index (Phi) is 7.01. The van der Waals surface area contributed by atoms with Gasteiger partial charge in [-0.3, -0.25) is 0 Å². The highest BCUT2D eigenvalue weighted by Gasteiger charge is 2.32. The monoisotopic (exact) mass is 388 g/mol. The molecule has 0 radical (unpaired) electrons. The number of hydrogen-bond donors (Lipinski definition) is 0.